The molecule has 0 fully saturated rings. The van der Waals surface area contributed by atoms with Crippen molar-refractivity contribution in [1.29, 1.82) is 5.26 Å². The van der Waals surface area contributed by atoms with Crippen LogP contribution in [0.3, 0.4) is 0 Å². The lowest BCUT2D eigenvalue weighted by Gasteiger charge is -2.17. The van der Waals surface area contributed by atoms with Crippen LogP contribution in [0.25, 0.3) is 0 Å². The van der Waals surface area contributed by atoms with Gasteiger partial charge in [-0.25, -0.2) is 4.79 Å². The van der Waals surface area contributed by atoms with E-state index in [0.717, 1.165) is 5.56 Å². The van der Waals surface area contributed by atoms with E-state index in [2.05, 4.69) is 6.07 Å². The molecule has 6 heteroatoms. The van der Waals surface area contributed by atoms with Crippen LogP contribution in [0.5, 0.6) is 5.75 Å². The summed E-state index contributed by atoms with van der Waals surface area (Å²) in [5.41, 5.74) is 0.915. The average molecular weight is 336 g/mol. The lowest BCUT2D eigenvalue weighted by atomic mass is 9.91. The number of nitriles is 1. The highest BCUT2D eigenvalue weighted by molar-refractivity contribution is 6.37. The van der Waals surface area contributed by atoms with Gasteiger partial charge in [-0.3, -0.25) is 0 Å². The molecule has 22 heavy (non-hydrogen) atoms. The molecule has 1 N–H and O–H groups in total. The summed E-state index contributed by atoms with van der Waals surface area (Å²) >= 11 is 12.3. The van der Waals surface area contributed by atoms with Crippen molar-refractivity contribution >= 4 is 29.2 Å². The molecule has 0 saturated heterocycles. The molecule has 0 amide bonds. The van der Waals surface area contributed by atoms with Crippen LogP contribution in [-0.4, -0.2) is 18.2 Å². The Balaban J connectivity index is 2.69. The number of carbonyl (C=O) groups is 1. The van der Waals surface area contributed by atoms with Gasteiger partial charge in [0.05, 0.1) is 29.1 Å². The summed E-state index contributed by atoms with van der Waals surface area (Å²) < 4.78 is 5.08. The lowest BCUT2D eigenvalue weighted by Crippen LogP contribution is -2.07. The molecule has 4 nitrogen and oxygen atoms in total. The zero-order chi connectivity index (χ0) is 16.3. The third-order valence-corrected chi connectivity index (χ3v) is 3.88. The number of carboxylic acids is 1. The zero-order valence-electron chi connectivity index (χ0n) is 11.5. The van der Waals surface area contributed by atoms with E-state index in [-0.39, 0.29) is 21.4 Å². The van der Waals surface area contributed by atoms with Crippen molar-refractivity contribution in [2.45, 2.75) is 5.92 Å². The molecule has 1 unspecified atom stereocenters. The molecule has 0 saturated carbocycles. The minimum atomic E-state index is -1.25. The van der Waals surface area contributed by atoms with Crippen LogP contribution in [0.1, 0.15) is 27.4 Å². The molecule has 0 radical (unpaired) electrons. The third-order valence-electron chi connectivity index (χ3n) is 3.19. The third kappa shape index (κ3) is 2.87. The van der Waals surface area contributed by atoms with Crippen molar-refractivity contribution in [3.05, 3.63) is 63.1 Å². The topological polar surface area (TPSA) is 70.3 Å². The van der Waals surface area contributed by atoms with Gasteiger partial charge in [-0.15, -0.1) is 0 Å². The maximum absolute atomic E-state index is 11.3. The molecule has 0 spiro atoms. The number of nitrogens with zero attached hydrogens (tertiary/aromatic N) is 1. The molecule has 0 heterocycles. The molecule has 2 aromatic carbocycles. The van der Waals surface area contributed by atoms with Crippen LogP contribution in [0, 0.1) is 11.3 Å². The van der Waals surface area contributed by atoms with Crippen molar-refractivity contribution < 1.29 is 14.6 Å². The van der Waals surface area contributed by atoms with E-state index in [9.17, 15) is 15.2 Å². The SMILES string of the molecule is COc1c(Cl)c(C(C#N)c2ccccc2)cc(Cl)c1C(=O)O. The molecular formula is C16H11Cl2NO3. The molecule has 2 aromatic rings. The standard InChI is InChI=1S/C16H11Cl2NO3/c1-22-15-13(16(20)21)12(17)7-10(14(15)18)11(8-19)9-5-3-2-4-6-9/h2-7,11H,1H3,(H,20,21). The second-order valence-electron chi connectivity index (χ2n) is 4.45. The maximum Gasteiger partial charge on any atom is 0.341 e. The molecule has 0 aliphatic carbocycles. The first kappa shape index (κ1) is 16.2. The largest absolute Gasteiger partial charge is 0.494 e. The maximum atomic E-state index is 11.3. The van der Waals surface area contributed by atoms with Gasteiger partial charge >= 0.3 is 5.97 Å². The number of rotatable bonds is 4. The summed E-state index contributed by atoms with van der Waals surface area (Å²) in [6.45, 7) is 0. The molecule has 0 aromatic heterocycles. The molecule has 2 rings (SSSR count). The average Bonchev–Trinajstić information content (AvgIpc) is 2.51. The fraction of sp³-hybridized carbons (Fsp3) is 0.125. The summed E-state index contributed by atoms with van der Waals surface area (Å²) in [6.07, 6.45) is 0. The lowest BCUT2D eigenvalue weighted by molar-refractivity contribution is 0.0693. The van der Waals surface area contributed by atoms with Crippen molar-refractivity contribution in [3.8, 4) is 11.8 Å². The van der Waals surface area contributed by atoms with E-state index >= 15 is 0 Å². The van der Waals surface area contributed by atoms with Crippen molar-refractivity contribution in [3.63, 3.8) is 0 Å². The Morgan fingerprint density at radius 1 is 1.32 bits per heavy atom. The van der Waals surface area contributed by atoms with Crippen LogP contribution in [0.15, 0.2) is 36.4 Å². The summed E-state index contributed by atoms with van der Waals surface area (Å²) in [4.78, 5) is 11.3. The number of carboxylic acid groups (broad SMARTS) is 1. The van der Waals surface area contributed by atoms with Gasteiger partial charge in [0, 0.05) is 0 Å². The Bertz CT molecular complexity index is 754. The summed E-state index contributed by atoms with van der Waals surface area (Å²) in [6, 6.07) is 12.6. The van der Waals surface area contributed by atoms with Gasteiger partial charge in [0.15, 0.2) is 5.75 Å². The van der Waals surface area contributed by atoms with Crippen molar-refractivity contribution in [2.75, 3.05) is 7.11 Å². The minimum Gasteiger partial charge on any atom is -0.494 e. The Labute approximate surface area is 137 Å². The molecule has 1 atom stereocenters. The van der Waals surface area contributed by atoms with Gasteiger partial charge in [0.2, 0.25) is 0 Å². The van der Waals surface area contributed by atoms with E-state index in [0.29, 0.717) is 5.56 Å². The van der Waals surface area contributed by atoms with Gasteiger partial charge in [0.25, 0.3) is 0 Å². The van der Waals surface area contributed by atoms with E-state index < -0.39 is 11.9 Å². The fourth-order valence-electron chi connectivity index (χ4n) is 2.19. The van der Waals surface area contributed by atoms with Crippen molar-refractivity contribution in [2.24, 2.45) is 0 Å². The van der Waals surface area contributed by atoms with Gasteiger partial charge < -0.3 is 9.84 Å². The highest BCUT2D eigenvalue weighted by Gasteiger charge is 2.26. The van der Waals surface area contributed by atoms with Gasteiger partial charge in [-0.2, -0.15) is 5.26 Å². The van der Waals surface area contributed by atoms with Gasteiger partial charge in [-0.1, -0.05) is 53.5 Å². The van der Waals surface area contributed by atoms with Crippen molar-refractivity contribution in [1.82, 2.24) is 0 Å². The number of hydrogen-bond acceptors (Lipinski definition) is 3. The Kier molecular flexibility index (Phi) is 4.92. The highest BCUT2D eigenvalue weighted by Crippen LogP contribution is 2.41. The molecule has 0 aliphatic rings. The van der Waals surface area contributed by atoms with E-state index in [1.165, 1.54) is 13.2 Å². The number of methoxy groups -OCH3 is 1. The Morgan fingerprint density at radius 3 is 2.45 bits per heavy atom. The first-order valence-electron chi connectivity index (χ1n) is 6.25. The minimum absolute atomic E-state index is 0.0278. The summed E-state index contributed by atoms with van der Waals surface area (Å²) in [7, 11) is 1.30. The first-order valence-corrected chi connectivity index (χ1v) is 7.00. The van der Waals surface area contributed by atoms with E-state index in [1.807, 2.05) is 6.07 Å². The Morgan fingerprint density at radius 2 is 1.95 bits per heavy atom. The van der Waals surface area contributed by atoms with Crippen LogP contribution < -0.4 is 4.74 Å². The van der Waals surface area contributed by atoms with Crippen LogP contribution in [0.4, 0.5) is 0 Å². The quantitative estimate of drug-likeness (QED) is 0.901. The van der Waals surface area contributed by atoms with Crippen LogP contribution >= 0.6 is 23.2 Å². The number of hydrogen-bond donors (Lipinski definition) is 1. The number of aromatic carboxylic acids is 1. The molecule has 112 valence electrons. The van der Waals surface area contributed by atoms with E-state index in [4.69, 9.17) is 27.9 Å². The van der Waals surface area contributed by atoms with Gasteiger partial charge in [-0.05, 0) is 17.2 Å². The first-order chi connectivity index (χ1) is 10.5. The number of ether oxygens (including phenoxy) is 1. The predicted molar refractivity (Wildman–Crippen MR) is 83.9 cm³/mol. The zero-order valence-corrected chi connectivity index (χ0v) is 13.0. The normalized spacial score (nSPS) is 11.5. The fourth-order valence-corrected chi connectivity index (χ4v) is 2.81. The number of benzene rings is 2. The van der Waals surface area contributed by atoms with E-state index in [1.54, 1.807) is 24.3 Å². The number of halogens is 2. The smallest absolute Gasteiger partial charge is 0.341 e. The molecular weight excluding hydrogens is 325 g/mol. The van der Waals surface area contributed by atoms with Crippen LogP contribution in [-0.2, 0) is 0 Å². The van der Waals surface area contributed by atoms with Crippen LogP contribution in [0.2, 0.25) is 10.0 Å². The second-order valence-corrected chi connectivity index (χ2v) is 5.23. The monoisotopic (exact) mass is 335 g/mol. The summed E-state index contributed by atoms with van der Waals surface area (Å²) in [5.74, 6) is -1.97. The second kappa shape index (κ2) is 6.69. The molecule has 0 bridgehead atoms. The Hall–Kier alpha value is -2.22. The highest BCUT2D eigenvalue weighted by atomic mass is 35.5. The predicted octanol–water partition coefficient (Wildman–Crippen LogP) is 4.36. The van der Waals surface area contributed by atoms with Gasteiger partial charge in [0.1, 0.15) is 5.56 Å². The summed E-state index contributed by atoms with van der Waals surface area (Å²) in [5, 5.41) is 18.7. The molecule has 0 aliphatic heterocycles.